The number of nitrogen functional groups attached to an aromatic ring is 1. The topological polar surface area (TPSA) is 52.0 Å². The number of rotatable bonds is 3. The van der Waals surface area contributed by atoms with Gasteiger partial charge in [-0.25, -0.2) is 0 Å². The largest absolute Gasteiger partial charge is 0.395 e. The van der Waals surface area contributed by atoms with Crippen LogP contribution in [0.2, 0.25) is 0 Å². The number of aryl methyl sites for hydroxylation is 1. The molecule has 1 aromatic heterocycles. The van der Waals surface area contributed by atoms with E-state index in [2.05, 4.69) is 12.1 Å². The van der Waals surface area contributed by atoms with Gasteiger partial charge in [-0.1, -0.05) is 18.5 Å². The van der Waals surface area contributed by atoms with E-state index in [4.69, 9.17) is 10.3 Å². The molecule has 1 heterocycles. The molecule has 0 amide bonds. The third-order valence-corrected chi connectivity index (χ3v) is 1.43. The maximum Gasteiger partial charge on any atom is 0.159 e. The molecule has 0 saturated carbocycles. The zero-order chi connectivity index (χ0) is 7.40. The normalized spacial score (nSPS) is 10.1. The van der Waals surface area contributed by atoms with Crippen LogP contribution >= 0.6 is 0 Å². The van der Waals surface area contributed by atoms with Crippen LogP contribution in [0.25, 0.3) is 0 Å². The lowest BCUT2D eigenvalue weighted by Crippen LogP contribution is -1.88. The second-order valence-electron chi connectivity index (χ2n) is 2.31. The monoisotopic (exact) mass is 140 g/mol. The Morgan fingerprint density at radius 2 is 2.50 bits per heavy atom. The number of nitrogens with zero attached hydrogens (tertiary/aromatic N) is 1. The molecule has 0 saturated heterocycles. The summed E-state index contributed by atoms with van der Waals surface area (Å²) in [4.78, 5) is 0. The van der Waals surface area contributed by atoms with Gasteiger partial charge < -0.3 is 10.3 Å². The van der Waals surface area contributed by atoms with Crippen LogP contribution in [0.4, 0.5) is 5.69 Å². The predicted octanol–water partition coefficient (Wildman–Crippen LogP) is 1.60. The van der Waals surface area contributed by atoms with E-state index in [0.29, 0.717) is 5.69 Å². The summed E-state index contributed by atoms with van der Waals surface area (Å²) >= 11 is 0. The van der Waals surface area contributed by atoms with Gasteiger partial charge in [0.1, 0.15) is 0 Å². The Hall–Kier alpha value is -0.990. The van der Waals surface area contributed by atoms with Gasteiger partial charge in [-0.15, -0.1) is 0 Å². The van der Waals surface area contributed by atoms with Crippen LogP contribution in [0, 0.1) is 0 Å². The molecule has 3 nitrogen and oxygen atoms in total. The SMILES string of the molecule is CCCCc1oncc1N. The Balaban J connectivity index is 2.49. The zero-order valence-electron chi connectivity index (χ0n) is 6.13. The lowest BCUT2D eigenvalue weighted by atomic mass is 10.2. The first kappa shape index (κ1) is 7.12. The third kappa shape index (κ3) is 1.50. The maximum absolute atomic E-state index is 5.53. The van der Waals surface area contributed by atoms with E-state index in [-0.39, 0.29) is 0 Å². The van der Waals surface area contributed by atoms with Crippen LogP contribution in [-0.2, 0) is 6.42 Å². The maximum atomic E-state index is 5.53. The van der Waals surface area contributed by atoms with Crippen molar-refractivity contribution < 1.29 is 4.52 Å². The summed E-state index contributed by atoms with van der Waals surface area (Å²) in [6.45, 7) is 2.13. The van der Waals surface area contributed by atoms with E-state index in [0.717, 1.165) is 25.0 Å². The van der Waals surface area contributed by atoms with Crippen LogP contribution < -0.4 is 5.73 Å². The summed E-state index contributed by atoms with van der Waals surface area (Å²) in [5, 5.41) is 3.57. The molecule has 0 aromatic carbocycles. The van der Waals surface area contributed by atoms with Gasteiger partial charge >= 0.3 is 0 Å². The Morgan fingerprint density at radius 3 is 3.00 bits per heavy atom. The number of unbranched alkanes of at least 4 members (excludes halogenated alkanes) is 1. The number of hydrogen-bond donors (Lipinski definition) is 1. The lowest BCUT2D eigenvalue weighted by Gasteiger charge is -1.92. The summed E-state index contributed by atoms with van der Waals surface area (Å²) in [5.74, 6) is 0.821. The fourth-order valence-electron chi connectivity index (χ4n) is 0.799. The van der Waals surface area contributed by atoms with Gasteiger partial charge in [0.05, 0.1) is 11.9 Å². The molecular weight excluding hydrogens is 128 g/mol. The second-order valence-corrected chi connectivity index (χ2v) is 2.31. The van der Waals surface area contributed by atoms with Crippen LogP contribution in [0.3, 0.4) is 0 Å². The minimum absolute atomic E-state index is 0.674. The highest BCUT2D eigenvalue weighted by Gasteiger charge is 2.01. The molecule has 3 heteroatoms. The lowest BCUT2D eigenvalue weighted by molar-refractivity contribution is 0.381. The van der Waals surface area contributed by atoms with E-state index in [1.807, 2.05) is 0 Å². The number of aromatic nitrogens is 1. The summed E-state index contributed by atoms with van der Waals surface area (Å²) in [6.07, 6.45) is 4.72. The minimum Gasteiger partial charge on any atom is -0.395 e. The first-order chi connectivity index (χ1) is 4.84. The van der Waals surface area contributed by atoms with Crippen LogP contribution in [0.5, 0.6) is 0 Å². The van der Waals surface area contributed by atoms with Gasteiger partial charge in [-0.05, 0) is 6.42 Å². The van der Waals surface area contributed by atoms with Crippen LogP contribution in [-0.4, -0.2) is 5.16 Å². The van der Waals surface area contributed by atoms with E-state index >= 15 is 0 Å². The quantitative estimate of drug-likeness (QED) is 0.693. The summed E-state index contributed by atoms with van der Waals surface area (Å²) in [7, 11) is 0. The third-order valence-electron chi connectivity index (χ3n) is 1.43. The predicted molar refractivity (Wildman–Crippen MR) is 39.5 cm³/mol. The van der Waals surface area contributed by atoms with Crippen molar-refractivity contribution in [2.75, 3.05) is 5.73 Å². The molecular formula is C7H12N2O. The Bertz CT molecular complexity index is 195. The molecule has 0 atom stereocenters. The van der Waals surface area contributed by atoms with Gasteiger partial charge in [0.2, 0.25) is 0 Å². The van der Waals surface area contributed by atoms with Crippen molar-refractivity contribution in [2.24, 2.45) is 0 Å². The first-order valence-corrected chi connectivity index (χ1v) is 3.53. The number of anilines is 1. The molecule has 0 spiro atoms. The molecule has 2 N–H and O–H groups in total. The molecule has 1 aromatic rings. The molecule has 0 aliphatic carbocycles. The highest BCUT2D eigenvalue weighted by molar-refractivity contribution is 5.37. The van der Waals surface area contributed by atoms with Crippen molar-refractivity contribution in [1.29, 1.82) is 0 Å². The van der Waals surface area contributed by atoms with Crippen molar-refractivity contribution in [3.8, 4) is 0 Å². The van der Waals surface area contributed by atoms with E-state index in [1.54, 1.807) is 6.20 Å². The van der Waals surface area contributed by atoms with Crippen molar-refractivity contribution in [3.05, 3.63) is 12.0 Å². The van der Waals surface area contributed by atoms with E-state index < -0.39 is 0 Å². The molecule has 56 valence electrons. The zero-order valence-corrected chi connectivity index (χ0v) is 6.13. The molecule has 0 radical (unpaired) electrons. The molecule has 0 aliphatic rings. The average Bonchev–Trinajstić information content (AvgIpc) is 2.31. The van der Waals surface area contributed by atoms with E-state index in [1.165, 1.54) is 0 Å². The Labute approximate surface area is 60.2 Å². The van der Waals surface area contributed by atoms with Crippen molar-refractivity contribution in [2.45, 2.75) is 26.2 Å². The highest BCUT2D eigenvalue weighted by Crippen LogP contribution is 2.12. The minimum atomic E-state index is 0.674. The van der Waals surface area contributed by atoms with Crippen LogP contribution in [0.15, 0.2) is 10.7 Å². The number of hydrogen-bond acceptors (Lipinski definition) is 3. The van der Waals surface area contributed by atoms with Gasteiger partial charge in [-0.3, -0.25) is 0 Å². The van der Waals surface area contributed by atoms with Crippen LogP contribution in [0.1, 0.15) is 25.5 Å². The molecule has 0 unspecified atom stereocenters. The molecule has 1 rings (SSSR count). The van der Waals surface area contributed by atoms with Crippen molar-refractivity contribution >= 4 is 5.69 Å². The van der Waals surface area contributed by atoms with E-state index in [9.17, 15) is 0 Å². The first-order valence-electron chi connectivity index (χ1n) is 3.53. The van der Waals surface area contributed by atoms with Crippen molar-refractivity contribution in [1.82, 2.24) is 5.16 Å². The summed E-state index contributed by atoms with van der Waals surface area (Å²) in [5.41, 5.74) is 6.20. The standard InChI is InChI=1S/C7H12N2O/c1-2-3-4-7-6(8)5-9-10-7/h5H,2-4,8H2,1H3. The molecule has 0 aliphatic heterocycles. The molecule has 0 bridgehead atoms. The smallest absolute Gasteiger partial charge is 0.159 e. The molecule has 0 fully saturated rings. The fourth-order valence-corrected chi connectivity index (χ4v) is 0.799. The van der Waals surface area contributed by atoms with Crippen molar-refractivity contribution in [3.63, 3.8) is 0 Å². The summed E-state index contributed by atoms with van der Waals surface area (Å²) in [6, 6.07) is 0. The van der Waals surface area contributed by atoms with Gasteiger partial charge in [-0.2, -0.15) is 0 Å². The van der Waals surface area contributed by atoms with Gasteiger partial charge in [0, 0.05) is 6.42 Å². The fraction of sp³-hybridized carbons (Fsp3) is 0.571. The van der Waals surface area contributed by atoms with Gasteiger partial charge in [0.25, 0.3) is 0 Å². The highest BCUT2D eigenvalue weighted by atomic mass is 16.5. The summed E-state index contributed by atoms with van der Waals surface area (Å²) < 4.78 is 4.89. The number of nitrogens with two attached hydrogens (primary N) is 1. The van der Waals surface area contributed by atoms with Gasteiger partial charge in [0.15, 0.2) is 5.76 Å². The second kappa shape index (κ2) is 3.25. The molecule has 10 heavy (non-hydrogen) atoms. The Morgan fingerprint density at radius 1 is 1.70 bits per heavy atom. The Kier molecular flexibility index (Phi) is 2.31. The average molecular weight is 140 g/mol.